The minimum Gasteiger partial charge on any atom is -0.493 e. The first kappa shape index (κ1) is 19.8. The molecule has 2 aromatic carbocycles. The van der Waals surface area contributed by atoms with Gasteiger partial charge in [-0.2, -0.15) is 0 Å². The Morgan fingerprint density at radius 3 is 2.43 bits per heavy atom. The van der Waals surface area contributed by atoms with E-state index < -0.39 is 11.6 Å². The number of nitrogens with zero attached hydrogens (tertiary/aromatic N) is 1. The quantitative estimate of drug-likeness (QED) is 0.717. The molecule has 0 aromatic heterocycles. The number of methoxy groups -OCH3 is 2. The average Bonchev–Trinajstić information content (AvgIpc) is 2.92. The Morgan fingerprint density at radius 2 is 1.75 bits per heavy atom. The van der Waals surface area contributed by atoms with Crippen LogP contribution in [0.3, 0.4) is 0 Å². The van der Waals surface area contributed by atoms with Crippen LogP contribution < -0.4 is 19.5 Å². The number of carbonyl (C=O) groups excluding carboxylic acids is 2. The molecule has 1 N–H and O–H groups in total. The largest absolute Gasteiger partial charge is 0.493 e. The standard InChI is InChI=1S/C20H21ClN2O5/c1-20(13-8-9-16(26-2)17(12-13)27-3)18(24)23(19(25)22-20)10-11-28-15-7-5-4-6-14(15)21/h4-9,12H,10-11H2,1-3H3,(H,22,25). The normalized spacial score (nSPS) is 18.8. The van der Waals surface area contributed by atoms with Gasteiger partial charge in [0, 0.05) is 0 Å². The van der Waals surface area contributed by atoms with Gasteiger partial charge in [-0.05, 0) is 36.8 Å². The topological polar surface area (TPSA) is 77.1 Å². The lowest BCUT2D eigenvalue weighted by Crippen LogP contribution is -2.41. The lowest BCUT2D eigenvalue weighted by Gasteiger charge is -2.23. The van der Waals surface area contributed by atoms with Crippen molar-refractivity contribution < 1.29 is 23.8 Å². The highest BCUT2D eigenvalue weighted by molar-refractivity contribution is 6.32. The second-order valence-corrected chi connectivity index (χ2v) is 6.77. The number of rotatable bonds is 7. The first-order valence-corrected chi connectivity index (χ1v) is 9.02. The number of urea groups is 1. The molecule has 148 valence electrons. The van der Waals surface area contributed by atoms with Gasteiger partial charge in [-0.3, -0.25) is 9.69 Å². The van der Waals surface area contributed by atoms with E-state index >= 15 is 0 Å². The maximum atomic E-state index is 13.0. The van der Waals surface area contributed by atoms with Crippen molar-refractivity contribution in [2.24, 2.45) is 0 Å². The number of hydrogen-bond acceptors (Lipinski definition) is 5. The van der Waals surface area contributed by atoms with Crippen molar-refractivity contribution in [2.75, 3.05) is 27.4 Å². The van der Waals surface area contributed by atoms with Crippen LogP contribution in [-0.4, -0.2) is 44.2 Å². The van der Waals surface area contributed by atoms with E-state index in [2.05, 4.69) is 5.32 Å². The summed E-state index contributed by atoms with van der Waals surface area (Å²) in [4.78, 5) is 26.5. The zero-order chi connectivity index (χ0) is 20.3. The number of para-hydroxylation sites is 1. The smallest absolute Gasteiger partial charge is 0.325 e. The molecule has 0 aliphatic carbocycles. The molecular formula is C20H21ClN2O5. The number of halogens is 1. The Morgan fingerprint density at radius 1 is 1.04 bits per heavy atom. The van der Waals surface area contributed by atoms with Crippen LogP contribution in [0.4, 0.5) is 4.79 Å². The zero-order valence-corrected chi connectivity index (χ0v) is 16.6. The van der Waals surface area contributed by atoms with Crippen molar-refractivity contribution in [1.29, 1.82) is 0 Å². The van der Waals surface area contributed by atoms with Crippen molar-refractivity contribution >= 4 is 23.5 Å². The molecule has 3 rings (SSSR count). The lowest BCUT2D eigenvalue weighted by molar-refractivity contribution is -0.131. The third-order valence-corrected chi connectivity index (χ3v) is 4.96. The van der Waals surface area contributed by atoms with Crippen molar-refractivity contribution in [3.05, 3.63) is 53.1 Å². The number of nitrogens with one attached hydrogen (secondary N) is 1. The van der Waals surface area contributed by atoms with Crippen LogP contribution in [0.15, 0.2) is 42.5 Å². The van der Waals surface area contributed by atoms with Crippen LogP contribution in [0.25, 0.3) is 0 Å². The number of hydrogen-bond donors (Lipinski definition) is 1. The number of carbonyl (C=O) groups is 2. The predicted octanol–water partition coefficient (Wildman–Crippen LogP) is 3.20. The fraction of sp³-hybridized carbons (Fsp3) is 0.300. The molecule has 0 spiro atoms. The molecule has 8 heteroatoms. The van der Waals surface area contributed by atoms with Gasteiger partial charge in [0.05, 0.1) is 25.8 Å². The van der Waals surface area contributed by atoms with Crippen molar-refractivity contribution in [3.8, 4) is 17.2 Å². The molecule has 1 aliphatic heterocycles. The summed E-state index contributed by atoms with van der Waals surface area (Å²) in [6, 6.07) is 11.6. The molecule has 1 unspecified atom stereocenters. The molecule has 0 radical (unpaired) electrons. The van der Waals surface area contributed by atoms with Crippen LogP contribution in [0.5, 0.6) is 17.2 Å². The monoisotopic (exact) mass is 404 g/mol. The molecule has 0 bridgehead atoms. The molecule has 1 atom stereocenters. The van der Waals surface area contributed by atoms with E-state index in [1.807, 2.05) is 0 Å². The predicted molar refractivity (Wildman–Crippen MR) is 104 cm³/mol. The zero-order valence-electron chi connectivity index (χ0n) is 15.8. The summed E-state index contributed by atoms with van der Waals surface area (Å²) in [7, 11) is 3.04. The number of benzene rings is 2. The van der Waals surface area contributed by atoms with Crippen LogP contribution in [0.2, 0.25) is 5.02 Å². The number of ether oxygens (including phenoxy) is 3. The molecule has 1 fully saturated rings. The summed E-state index contributed by atoms with van der Waals surface area (Å²) in [5.74, 6) is 1.15. The maximum Gasteiger partial charge on any atom is 0.325 e. The Labute approximate surface area is 168 Å². The van der Waals surface area contributed by atoms with Gasteiger partial charge in [-0.1, -0.05) is 29.8 Å². The third-order valence-electron chi connectivity index (χ3n) is 4.64. The summed E-state index contributed by atoms with van der Waals surface area (Å²) < 4.78 is 16.1. The second kappa shape index (κ2) is 7.98. The fourth-order valence-electron chi connectivity index (χ4n) is 3.05. The van der Waals surface area contributed by atoms with Gasteiger partial charge in [0.25, 0.3) is 5.91 Å². The van der Waals surface area contributed by atoms with Crippen LogP contribution in [-0.2, 0) is 10.3 Å². The Hall–Kier alpha value is -2.93. The Bertz CT molecular complexity index is 904. The molecule has 0 saturated carbocycles. The molecule has 7 nitrogen and oxygen atoms in total. The number of amides is 3. The van der Waals surface area contributed by atoms with E-state index in [-0.39, 0.29) is 19.1 Å². The van der Waals surface area contributed by atoms with E-state index in [1.165, 1.54) is 14.2 Å². The molecule has 1 heterocycles. The summed E-state index contributed by atoms with van der Waals surface area (Å²) >= 11 is 6.05. The number of imide groups is 1. The third kappa shape index (κ3) is 3.57. The fourth-order valence-corrected chi connectivity index (χ4v) is 3.24. The van der Waals surface area contributed by atoms with Gasteiger partial charge in [0.2, 0.25) is 0 Å². The van der Waals surface area contributed by atoms with Crippen LogP contribution in [0.1, 0.15) is 12.5 Å². The van der Waals surface area contributed by atoms with E-state index in [9.17, 15) is 9.59 Å². The molecule has 1 aliphatic rings. The summed E-state index contributed by atoms with van der Waals surface area (Å²) in [5.41, 5.74) is -0.612. The van der Waals surface area contributed by atoms with E-state index in [4.69, 9.17) is 25.8 Å². The molecule has 28 heavy (non-hydrogen) atoms. The molecule has 2 aromatic rings. The minimum absolute atomic E-state index is 0.0960. The van der Waals surface area contributed by atoms with Gasteiger partial charge >= 0.3 is 6.03 Å². The van der Waals surface area contributed by atoms with Crippen LogP contribution >= 0.6 is 11.6 Å². The minimum atomic E-state index is -1.21. The molecular weight excluding hydrogens is 384 g/mol. The van der Waals surface area contributed by atoms with Gasteiger partial charge in [-0.25, -0.2) is 4.79 Å². The second-order valence-electron chi connectivity index (χ2n) is 6.36. The van der Waals surface area contributed by atoms with E-state index in [0.29, 0.717) is 27.8 Å². The van der Waals surface area contributed by atoms with Gasteiger partial charge in [0.1, 0.15) is 17.9 Å². The van der Waals surface area contributed by atoms with Crippen molar-refractivity contribution in [3.63, 3.8) is 0 Å². The molecule has 1 saturated heterocycles. The first-order chi connectivity index (χ1) is 13.4. The summed E-state index contributed by atoms with van der Waals surface area (Å²) in [6.45, 7) is 1.88. The average molecular weight is 405 g/mol. The van der Waals surface area contributed by atoms with Crippen LogP contribution in [0, 0.1) is 0 Å². The first-order valence-electron chi connectivity index (χ1n) is 8.64. The summed E-state index contributed by atoms with van der Waals surface area (Å²) in [5, 5.41) is 3.22. The van der Waals surface area contributed by atoms with Gasteiger partial charge in [-0.15, -0.1) is 0 Å². The van der Waals surface area contributed by atoms with E-state index in [0.717, 1.165) is 4.90 Å². The van der Waals surface area contributed by atoms with Gasteiger partial charge in [0.15, 0.2) is 11.5 Å². The van der Waals surface area contributed by atoms with Crippen molar-refractivity contribution in [1.82, 2.24) is 10.2 Å². The molecule has 3 amide bonds. The Balaban J connectivity index is 1.74. The van der Waals surface area contributed by atoms with Crippen molar-refractivity contribution in [2.45, 2.75) is 12.5 Å². The summed E-state index contributed by atoms with van der Waals surface area (Å²) in [6.07, 6.45) is 0. The van der Waals surface area contributed by atoms with Gasteiger partial charge < -0.3 is 19.5 Å². The van der Waals surface area contributed by atoms with E-state index in [1.54, 1.807) is 49.4 Å². The lowest BCUT2D eigenvalue weighted by atomic mass is 9.91. The SMILES string of the molecule is COc1ccc(C2(C)NC(=O)N(CCOc3ccccc3Cl)C2=O)cc1OC. The highest BCUT2D eigenvalue weighted by Crippen LogP contribution is 2.35. The maximum absolute atomic E-state index is 13.0. The highest BCUT2D eigenvalue weighted by Gasteiger charge is 2.49. The highest BCUT2D eigenvalue weighted by atomic mass is 35.5. The Kier molecular flexibility index (Phi) is 5.65.